The second kappa shape index (κ2) is 5.30. The van der Waals surface area contributed by atoms with Crippen LogP contribution in [0.5, 0.6) is 0 Å². The normalized spacial score (nSPS) is 48.2. The summed E-state index contributed by atoms with van der Waals surface area (Å²) < 4.78 is 6.01. The van der Waals surface area contributed by atoms with E-state index in [4.69, 9.17) is 10.5 Å². The van der Waals surface area contributed by atoms with E-state index >= 15 is 0 Å². The zero-order chi connectivity index (χ0) is 18.4. The van der Waals surface area contributed by atoms with Crippen molar-refractivity contribution < 1.29 is 9.53 Å². The molecule has 0 aromatic heterocycles. The minimum absolute atomic E-state index is 0.117. The number of rotatable bonds is 1. The summed E-state index contributed by atoms with van der Waals surface area (Å²) in [7, 11) is 0. The highest BCUT2D eigenvalue weighted by atomic mass is 16.6. The first kappa shape index (κ1) is 16.4. The molecule has 2 N–H and O–H groups in total. The molecule has 0 aromatic carbocycles. The van der Waals surface area contributed by atoms with Gasteiger partial charge in [-0.2, -0.15) is 0 Å². The molecule has 0 amide bonds. The van der Waals surface area contributed by atoms with Crippen molar-refractivity contribution in [2.24, 2.45) is 40.7 Å². The minimum atomic E-state index is -0.320. The highest BCUT2D eigenvalue weighted by Gasteiger charge is 2.66. The average molecular weight is 366 g/mol. The molecule has 6 atom stereocenters. The maximum Gasteiger partial charge on any atom is 0.331 e. The molecule has 1 spiro atoms. The van der Waals surface area contributed by atoms with Crippen molar-refractivity contribution in [3.63, 3.8) is 0 Å². The topological polar surface area (TPSA) is 52.3 Å². The van der Waals surface area contributed by atoms with Crippen LogP contribution in [0.15, 0.2) is 35.1 Å². The lowest BCUT2D eigenvalue weighted by Gasteiger charge is -2.56. The minimum Gasteiger partial charge on any atom is -0.451 e. The molecule has 3 saturated carbocycles. The summed E-state index contributed by atoms with van der Waals surface area (Å²) in [5.41, 5.74) is 10.4. The Morgan fingerprint density at radius 2 is 2.00 bits per heavy atom. The van der Waals surface area contributed by atoms with Crippen LogP contribution in [-0.2, 0) is 9.53 Å². The first-order valence-corrected chi connectivity index (χ1v) is 11.1. The van der Waals surface area contributed by atoms with E-state index < -0.39 is 0 Å². The van der Waals surface area contributed by atoms with Gasteiger partial charge in [-0.05, 0) is 105 Å². The molecule has 1 heterocycles. The Morgan fingerprint density at radius 1 is 1.15 bits per heavy atom. The van der Waals surface area contributed by atoms with Crippen molar-refractivity contribution in [2.45, 2.75) is 70.3 Å². The summed E-state index contributed by atoms with van der Waals surface area (Å²) in [5, 5.41) is 0. The standard InChI is InChI=1S/C24H31NO2/c1-23-9-6-18-17-5-4-16(25)12-15(17)13-19(14-2-3-14)22(18)20(23)7-10-24(23)11-8-21(26)27-24/h8,11-12,14,18-20,22H,2-7,9-10,13,25H2,1H3/t18?,19?,20?,22?,23-,24+/m0/s1. The van der Waals surface area contributed by atoms with Crippen LogP contribution in [0.25, 0.3) is 0 Å². The Bertz CT molecular complexity index is 803. The number of carbonyl (C=O) groups is 1. The van der Waals surface area contributed by atoms with Crippen LogP contribution in [0.2, 0.25) is 0 Å². The fourth-order valence-corrected chi connectivity index (χ4v) is 7.96. The molecule has 0 aromatic rings. The molecule has 3 nitrogen and oxygen atoms in total. The van der Waals surface area contributed by atoms with E-state index in [0.29, 0.717) is 5.92 Å². The number of hydrogen-bond acceptors (Lipinski definition) is 3. The third kappa shape index (κ3) is 2.12. The van der Waals surface area contributed by atoms with Gasteiger partial charge in [0.15, 0.2) is 0 Å². The second-order valence-electron chi connectivity index (χ2n) is 10.4. The van der Waals surface area contributed by atoms with Crippen molar-refractivity contribution >= 4 is 5.97 Å². The lowest BCUT2D eigenvalue weighted by Crippen LogP contribution is -2.53. The van der Waals surface area contributed by atoms with Gasteiger partial charge in [-0.15, -0.1) is 0 Å². The monoisotopic (exact) mass is 365 g/mol. The molecule has 27 heavy (non-hydrogen) atoms. The first-order valence-electron chi connectivity index (χ1n) is 11.1. The molecule has 6 rings (SSSR count). The molecule has 0 radical (unpaired) electrons. The summed E-state index contributed by atoms with van der Waals surface area (Å²) in [6.07, 6.45) is 17.1. The molecule has 3 fully saturated rings. The maximum atomic E-state index is 12.0. The van der Waals surface area contributed by atoms with Crippen molar-refractivity contribution in [2.75, 3.05) is 0 Å². The third-order valence-corrected chi connectivity index (χ3v) is 9.37. The summed E-state index contributed by atoms with van der Waals surface area (Å²) in [5.74, 6) is 3.84. The zero-order valence-electron chi connectivity index (χ0n) is 16.4. The third-order valence-electron chi connectivity index (χ3n) is 9.37. The lowest BCUT2D eigenvalue weighted by atomic mass is 9.49. The number of fused-ring (bicyclic) bond motifs is 5. The Morgan fingerprint density at radius 3 is 2.74 bits per heavy atom. The summed E-state index contributed by atoms with van der Waals surface area (Å²) in [4.78, 5) is 12.0. The highest BCUT2D eigenvalue weighted by Crippen LogP contribution is 2.68. The van der Waals surface area contributed by atoms with E-state index in [0.717, 1.165) is 42.2 Å². The van der Waals surface area contributed by atoms with Crippen molar-refractivity contribution in [3.05, 3.63) is 35.1 Å². The highest BCUT2D eigenvalue weighted by molar-refractivity contribution is 5.85. The molecule has 0 bridgehead atoms. The van der Waals surface area contributed by atoms with E-state index in [-0.39, 0.29) is 17.0 Å². The Hall–Kier alpha value is -1.51. The number of nitrogens with two attached hydrogens (primary N) is 1. The van der Waals surface area contributed by atoms with Gasteiger partial charge in [0.2, 0.25) is 0 Å². The summed E-state index contributed by atoms with van der Waals surface area (Å²) in [6, 6.07) is 0. The van der Waals surface area contributed by atoms with Crippen LogP contribution in [0.1, 0.15) is 64.7 Å². The molecule has 4 unspecified atom stereocenters. The van der Waals surface area contributed by atoms with Gasteiger partial charge in [0.25, 0.3) is 0 Å². The van der Waals surface area contributed by atoms with Crippen molar-refractivity contribution in [3.8, 4) is 0 Å². The molecule has 1 aliphatic heterocycles. The average Bonchev–Trinajstić information content (AvgIpc) is 3.36. The molecule has 0 saturated heterocycles. The summed E-state index contributed by atoms with van der Waals surface area (Å²) in [6.45, 7) is 2.44. The maximum absolute atomic E-state index is 12.0. The SMILES string of the molecule is C[C@]12CCC3C4=C(C=C(N)CC4)CC(C4CC4)C3C1CC[C@@]21C=CC(=O)O1. The van der Waals surface area contributed by atoms with Crippen LogP contribution < -0.4 is 5.73 Å². The number of hydrogen-bond donors (Lipinski definition) is 1. The fraction of sp³-hybridized carbons (Fsp3) is 0.708. The second-order valence-corrected chi connectivity index (χ2v) is 10.4. The van der Waals surface area contributed by atoms with Gasteiger partial charge in [-0.25, -0.2) is 4.79 Å². The smallest absolute Gasteiger partial charge is 0.331 e. The van der Waals surface area contributed by atoms with E-state index in [9.17, 15) is 4.79 Å². The molecular formula is C24H31NO2. The number of esters is 1. The molecule has 144 valence electrons. The number of allylic oxidation sites excluding steroid dienone is 4. The summed E-state index contributed by atoms with van der Waals surface area (Å²) >= 11 is 0. The Labute approximate surface area is 162 Å². The van der Waals surface area contributed by atoms with Crippen molar-refractivity contribution in [1.82, 2.24) is 0 Å². The molecule has 5 aliphatic carbocycles. The van der Waals surface area contributed by atoms with E-state index in [1.54, 1.807) is 17.2 Å². The Kier molecular flexibility index (Phi) is 3.23. The van der Waals surface area contributed by atoms with Gasteiger partial charge in [0, 0.05) is 17.2 Å². The predicted octanol–water partition coefficient (Wildman–Crippen LogP) is 4.64. The zero-order valence-corrected chi connectivity index (χ0v) is 16.4. The van der Waals surface area contributed by atoms with Gasteiger partial charge in [-0.3, -0.25) is 0 Å². The van der Waals surface area contributed by atoms with Gasteiger partial charge in [0.05, 0.1) is 0 Å². The van der Waals surface area contributed by atoms with Crippen LogP contribution in [0.4, 0.5) is 0 Å². The largest absolute Gasteiger partial charge is 0.451 e. The van der Waals surface area contributed by atoms with E-state index in [1.165, 1.54) is 44.9 Å². The van der Waals surface area contributed by atoms with Crippen molar-refractivity contribution in [1.29, 1.82) is 0 Å². The Balaban J connectivity index is 1.42. The van der Waals surface area contributed by atoms with Crippen LogP contribution >= 0.6 is 0 Å². The molecule has 6 aliphatic rings. The van der Waals surface area contributed by atoms with Crippen LogP contribution in [0.3, 0.4) is 0 Å². The van der Waals surface area contributed by atoms with Gasteiger partial charge in [0.1, 0.15) is 5.60 Å². The first-order chi connectivity index (χ1) is 13.0. The molecular weight excluding hydrogens is 334 g/mol. The van der Waals surface area contributed by atoms with Gasteiger partial charge < -0.3 is 10.5 Å². The van der Waals surface area contributed by atoms with Gasteiger partial charge in [-0.1, -0.05) is 12.5 Å². The van der Waals surface area contributed by atoms with Crippen LogP contribution in [-0.4, -0.2) is 11.6 Å². The van der Waals surface area contributed by atoms with Gasteiger partial charge >= 0.3 is 5.97 Å². The fourth-order valence-electron chi connectivity index (χ4n) is 7.96. The van der Waals surface area contributed by atoms with E-state index in [1.807, 2.05) is 0 Å². The predicted molar refractivity (Wildman–Crippen MR) is 104 cm³/mol. The number of carbonyl (C=O) groups excluding carboxylic acids is 1. The lowest BCUT2D eigenvalue weighted by molar-refractivity contribution is -0.161. The molecule has 3 heteroatoms. The quantitative estimate of drug-likeness (QED) is 0.689. The van der Waals surface area contributed by atoms with E-state index in [2.05, 4.69) is 19.1 Å². The van der Waals surface area contributed by atoms with Crippen LogP contribution in [0, 0.1) is 35.0 Å². The number of ether oxygens (including phenoxy) is 1.